The van der Waals surface area contributed by atoms with E-state index < -0.39 is 15.9 Å². The van der Waals surface area contributed by atoms with Crippen molar-refractivity contribution in [1.29, 1.82) is 0 Å². The highest BCUT2D eigenvalue weighted by atomic mass is 32.2. The molecule has 20 heavy (non-hydrogen) atoms. The van der Waals surface area contributed by atoms with Crippen LogP contribution >= 0.6 is 0 Å². The summed E-state index contributed by atoms with van der Waals surface area (Å²) in [5.74, 6) is 0.316. The molecular weight excluding hydrogens is 280 g/mol. The van der Waals surface area contributed by atoms with E-state index in [1.54, 1.807) is 0 Å². The smallest absolute Gasteiger partial charge is 0.287 e. The van der Waals surface area contributed by atoms with Crippen LogP contribution in [0.25, 0.3) is 0 Å². The van der Waals surface area contributed by atoms with Gasteiger partial charge in [-0.25, -0.2) is 13.6 Å². The second-order valence-corrected chi connectivity index (χ2v) is 6.75. The van der Waals surface area contributed by atoms with Crippen LogP contribution in [0.1, 0.15) is 49.4 Å². The van der Waals surface area contributed by atoms with Crippen LogP contribution in [0.15, 0.2) is 15.4 Å². The standard InChI is InChI=1S/C13H22N2O4S/c1-9(2)6-4-5-7-15-13(16)11-8-12(10(3)19-11)20(14,17)18/h8-9H,4-7H2,1-3H3,(H,15,16)(H2,14,17,18). The molecule has 0 radical (unpaired) electrons. The van der Waals surface area contributed by atoms with E-state index in [-0.39, 0.29) is 16.4 Å². The summed E-state index contributed by atoms with van der Waals surface area (Å²) in [6, 6.07) is 1.16. The Kier molecular flexibility index (Phi) is 5.76. The van der Waals surface area contributed by atoms with E-state index in [2.05, 4.69) is 19.2 Å². The van der Waals surface area contributed by atoms with Gasteiger partial charge in [0.05, 0.1) is 0 Å². The lowest BCUT2D eigenvalue weighted by Crippen LogP contribution is -2.24. The summed E-state index contributed by atoms with van der Waals surface area (Å²) < 4.78 is 27.6. The fourth-order valence-corrected chi connectivity index (χ4v) is 2.54. The predicted octanol–water partition coefficient (Wildman–Crippen LogP) is 1.79. The number of aryl methyl sites for hydroxylation is 1. The van der Waals surface area contributed by atoms with Gasteiger partial charge in [0.2, 0.25) is 10.0 Å². The molecule has 1 aromatic rings. The number of nitrogens with one attached hydrogen (secondary N) is 1. The Balaban J connectivity index is 2.53. The van der Waals surface area contributed by atoms with Gasteiger partial charge in [-0.2, -0.15) is 0 Å². The number of unbranched alkanes of at least 4 members (excludes halogenated alkanes) is 1. The molecule has 0 fully saturated rings. The van der Waals surface area contributed by atoms with Crippen molar-refractivity contribution in [2.45, 2.75) is 44.9 Å². The minimum atomic E-state index is -3.86. The molecule has 6 nitrogen and oxygen atoms in total. The van der Waals surface area contributed by atoms with Crippen LogP contribution in [0.2, 0.25) is 0 Å². The highest BCUT2D eigenvalue weighted by molar-refractivity contribution is 7.89. The maximum atomic E-state index is 11.8. The average Bonchev–Trinajstić information content (AvgIpc) is 2.70. The average molecular weight is 302 g/mol. The number of hydrogen-bond acceptors (Lipinski definition) is 4. The monoisotopic (exact) mass is 302 g/mol. The third-order valence-electron chi connectivity index (χ3n) is 2.90. The molecule has 0 aliphatic carbocycles. The van der Waals surface area contributed by atoms with E-state index in [1.807, 2.05) is 0 Å². The highest BCUT2D eigenvalue weighted by Crippen LogP contribution is 2.18. The van der Waals surface area contributed by atoms with E-state index in [0.717, 1.165) is 25.3 Å². The van der Waals surface area contributed by atoms with Crippen molar-refractivity contribution >= 4 is 15.9 Å². The lowest BCUT2D eigenvalue weighted by atomic mass is 10.1. The topological polar surface area (TPSA) is 102 Å². The molecule has 0 atom stereocenters. The SMILES string of the molecule is Cc1oc(C(=O)NCCCCC(C)C)cc1S(N)(=O)=O. The molecule has 0 aliphatic rings. The maximum Gasteiger partial charge on any atom is 0.287 e. The Bertz CT molecular complexity index is 561. The first-order valence-electron chi connectivity index (χ1n) is 6.63. The van der Waals surface area contributed by atoms with Gasteiger partial charge >= 0.3 is 0 Å². The molecule has 1 rings (SSSR count). The van der Waals surface area contributed by atoms with Crippen molar-refractivity contribution in [1.82, 2.24) is 5.32 Å². The lowest BCUT2D eigenvalue weighted by molar-refractivity contribution is 0.0924. The van der Waals surface area contributed by atoms with Gasteiger partial charge in [-0.1, -0.05) is 26.7 Å². The van der Waals surface area contributed by atoms with Crippen LogP contribution < -0.4 is 10.5 Å². The van der Waals surface area contributed by atoms with Gasteiger partial charge < -0.3 is 9.73 Å². The number of carbonyl (C=O) groups excluding carboxylic acids is 1. The van der Waals surface area contributed by atoms with Gasteiger partial charge in [-0.15, -0.1) is 0 Å². The van der Waals surface area contributed by atoms with E-state index >= 15 is 0 Å². The van der Waals surface area contributed by atoms with Crippen molar-refractivity contribution in [3.8, 4) is 0 Å². The molecule has 1 aromatic heterocycles. The Morgan fingerprint density at radius 3 is 2.55 bits per heavy atom. The fraction of sp³-hybridized carbons (Fsp3) is 0.615. The molecule has 0 spiro atoms. The molecule has 0 saturated carbocycles. The zero-order valence-corrected chi connectivity index (χ0v) is 12.9. The van der Waals surface area contributed by atoms with Gasteiger partial charge in [0.1, 0.15) is 10.7 Å². The summed E-state index contributed by atoms with van der Waals surface area (Å²) in [5.41, 5.74) is 0. The zero-order chi connectivity index (χ0) is 15.3. The normalized spacial score (nSPS) is 11.8. The van der Waals surface area contributed by atoms with E-state index in [1.165, 1.54) is 6.92 Å². The Morgan fingerprint density at radius 2 is 2.05 bits per heavy atom. The van der Waals surface area contributed by atoms with Gasteiger partial charge in [0, 0.05) is 12.6 Å². The first kappa shape index (κ1) is 16.7. The van der Waals surface area contributed by atoms with Crippen LogP contribution in [0.4, 0.5) is 0 Å². The number of nitrogens with two attached hydrogens (primary N) is 1. The van der Waals surface area contributed by atoms with Crippen molar-refractivity contribution in [2.24, 2.45) is 11.1 Å². The van der Waals surface area contributed by atoms with Crippen molar-refractivity contribution in [3.63, 3.8) is 0 Å². The third-order valence-corrected chi connectivity index (χ3v) is 3.91. The largest absolute Gasteiger partial charge is 0.455 e. The number of hydrogen-bond donors (Lipinski definition) is 2. The summed E-state index contributed by atoms with van der Waals surface area (Å²) in [6.45, 7) is 6.30. The van der Waals surface area contributed by atoms with Crippen molar-refractivity contribution in [2.75, 3.05) is 6.54 Å². The molecule has 0 saturated heterocycles. The molecule has 1 amide bonds. The zero-order valence-electron chi connectivity index (χ0n) is 12.1. The van der Waals surface area contributed by atoms with Crippen LogP contribution in [0.5, 0.6) is 0 Å². The Labute approximate surface area is 119 Å². The summed E-state index contributed by atoms with van der Waals surface area (Å²) in [5, 5.41) is 7.72. The number of rotatable bonds is 7. The van der Waals surface area contributed by atoms with Gasteiger partial charge in [0.15, 0.2) is 5.76 Å². The fourth-order valence-electron chi connectivity index (χ4n) is 1.83. The summed E-state index contributed by atoms with van der Waals surface area (Å²) in [6.07, 6.45) is 3.04. The van der Waals surface area contributed by atoms with Gasteiger partial charge in [0.25, 0.3) is 5.91 Å². The van der Waals surface area contributed by atoms with Gasteiger partial charge in [-0.3, -0.25) is 4.79 Å². The molecule has 0 bridgehead atoms. The Hall–Kier alpha value is -1.34. The second kappa shape index (κ2) is 6.90. The van der Waals surface area contributed by atoms with Crippen LogP contribution in [-0.4, -0.2) is 20.9 Å². The number of sulfonamides is 1. The summed E-state index contributed by atoms with van der Waals surface area (Å²) in [4.78, 5) is 11.6. The van der Waals surface area contributed by atoms with Crippen molar-refractivity contribution in [3.05, 3.63) is 17.6 Å². The first-order chi connectivity index (χ1) is 9.21. The van der Waals surface area contributed by atoms with Crippen LogP contribution in [0, 0.1) is 12.8 Å². The summed E-state index contributed by atoms with van der Waals surface area (Å²) >= 11 is 0. The molecule has 7 heteroatoms. The minimum absolute atomic E-state index is 0.0321. The van der Waals surface area contributed by atoms with Crippen LogP contribution in [0.3, 0.4) is 0 Å². The third kappa shape index (κ3) is 4.97. The maximum absolute atomic E-state index is 11.8. The van der Waals surface area contributed by atoms with E-state index in [9.17, 15) is 13.2 Å². The van der Waals surface area contributed by atoms with E-state index in [0.29, 0.717) is 12.5 Å². The second-order valence-electron chi connectivity index (χ2n) is 5.22. The number of primary sulfonamides is 1. The number of amides is 1. The molecule has 1 heterocycles. The number of carbonyl (C=O) groups is 1. The molecular formula is C13H22N2O4S. The molecule has 0 aliphatic heterocycles. The first-order valence-corrected chi connectivity index (χ1v) is 8.18. The quantitative estimate of drug-likeness (QED) is 0.749. The number of furan rings is 1. The molecule has 3 N–H and O–H groups in total. The minimum Gasteiger partial charge on any atom is -0.455 e. The van der Waals surface area contributed by atoms with Crippen molar-refractivity contribution < 1.29 is 17.6 Å². The molecule has 114 valence electrons. The highest BCUT2D eigenvalue weighted by Gasteiger charge is 2.20. The predicted molar refractivity (Wildman–Crippen MR) is 75.8 cm³/mol. The lowest BCUT2D eigenvalue weighted by Gasteiger charge is -2.05. The van der Waals surface area contributed by atoms with E-state index in [4.69, 9.17) is 9.56 Å². The summed E-state index contributed by atoms with van der Waals surface area (Å²) in [7, 11) is -3.86. The molecule has 0 unspecified atom stereocenters. The van der Waals surface area contributed by atoms with Gasteiger partial charge in [-0.05, 0) is 19.3 Å². The Morgan fingerprint density at radius 1 is 1.40 bits per heavy atom. The molecule has 0 aromatic carbocycles. The van der Waals surface area contributed by atoms with Crippen LogP contribution in [-0.2, 0) is 10.0 Å².